The van der Waals surface area contributed by atoms with E-state index in [1.807, 2.05) is 42.5 Å². The summed E-state index contributed by atoms with van der Waals surface area (Å²) in [5.74, 6) is -0.0421. The minimum absolute atomic E-state index is 0.0639. The fourth-order valence-electron chi connectivity index (χ4n) is 3.46. The number of nitrogens with one attached hydrogen (secondary N) is 1. The lowest BCUT2D eigenvalue weighted by Gasteiger charge is -2.32. The second-order valence-corrected chi connectivity index (χ2v) is 8.85. The molecule has 174 valence electrons. The van der Waals surface area contributed by atoms with Gasteiger partial charge < -0.3 is 10.1 Å². The topological polar surface area (TPSA) is 71.0 Å². The number of amides is 2. The largest absolute Gasteiger partial charge is 0.497 e. The van der Waals surface area contributed by atoms with Crippen LogP contribution in [0, 0.1) is 5.82 Å². The van der Waals surface area contributed by atoms with Crippen molar-refractivity contribution in [1.82, 2.24) is 4.90 Å². The van der Waals surface area contributed by atoms with Crippen LogP contribution in [0.5, 0.6) is 5.75 Å². The lowest BCUT2D eigenvalue weighted by Crippen LogP contribution is -2.46. The molecule has 6 nitrogen and oxygen atoms in total. The molecule has 0 radical (unpaired) electrons. The van der Waals surface area contributed by atoms with Gasteiger partial charge in [0.1, 0.15) is 16.8 Å². The summed E-state index contributed by atoms with van der Waals surface area (Å²) in [5.41, 5.74) is 2.22. The summed E-state index contributed by atoms with van der Waals surface area (Å²) < 4.78 is 18.6. The highest BCUT2D eigenvalue weighted by molar-refractivity contribution is 8.15. The van der Waals surface area contributed by atoms with E-state index in [1.165, 1.54) is 23.9 Å². The van der Waals surface area contributed by atoms with Gasteiger partial charge >= 0.3 is 0 Å². The average molecular weight is 478 g/mol. The summed E-state index contributed by atoms with van der Waals surface area (Å²) in [7, 11) is 1.61. The Morgan fingerprint density at radius 1 is 1.09 bits per heavy atom. The summed E-state index contributed by atoms with van der Waals surface area (Å²) in [4.78, 5) is 32.2. The number of nitrogens with zero attached hydrogens (tertiary/aromatic N) is 2. The molecule has 4 rings (SSSR count). The Morgan fingerprint density at radius 3 is 2.47 bits per heavy atom. The van der Waals surface area contributed by atoms with Gasteiger partial charge in [-0.15, -0.1) is 0 Å². The molecule has 0 aromatic heterocycles. The van der Waals surface area contributed by atoms with Crippen LogP contribution in [0.2, 0.25) is 0 Å². The molecule has 1 N–H and O–H groups in total. The molecular weight excluding hydrogens is 453 g/mol. The number of para-hydroxylation sites is 1. The van der Waals surface area contributed by atoms with Gasteiger partial charge in [0.25, 0.3) is 0 Å². The van der Waals surface area contributed by atoms with Crippen LogP contribution in [0.15, 0.2) is 83.9 Å². The molecule has 8 heteroatoms. The van der Waals surface area contributed by atoms with Gasteiger partial charge in [0.15, 0.2) is 5.17 Å². The van der Waals surface area contributed by atoms with E-state index in [2.05, 4.69) is 10.3 Å². The van der Waals surface area contributed by atoms with Crippen molar-refractivity contribution in [3.8, 4) is 5.75 Å². The van der Waals surface area contributed by atoms with Crippen molar-refractivity contribution in [2.45, 2.75) is 18.1 Å². The van der Waals surface area contributed by atoms with E-state index < -0.39 is 5.25 Å². The maximum absolute atomic E-state index is 13.4. The first kappa shape index (κ1) is 23.5. The number of hydrogen-bond acceptors (Lipinski definition) is 5. The number of benzene rings is 3. The number of amidine groups is 1. The van der Waals surface area contributed by atoms with Crippen molar-refractivity contribution >= 4 is 40.1 Å². The average Bonchev–Trinajstić information content (AvgIpc) is 2.85. The molecule has 0 unspecified atom stereocenters. The second-order valence-electron chi connectivity index (χ2n) is 7.68. The molecule has 1 atom stereocenters. The van der Waals surface area contributed by atoms with Gasteiger partial charge in [-0.05, 0) is 60.5 Å². The van der Waals surface area contributed by atoms with Crippen LogP contribution in [0.4, 0.5) is 15.8 Å². The predicted octanol–water partition coefficient (Wildman–Crippen LogP) is 5.04. The van der Waals surface area contributed by atoms with Crippen LogP contribution in [-0.2, 0) is 16.0 Å². The summed E-state index contributed by atoms with van der Waals surface area (Å²) in [5, 5.41) is 2.66. The zero-order chi connectivity index (χ0) is 23.9. The Balaban J connectivity index is 1.53. The molecule has 0 bridgehead atoms. The molecule has 2 amide bonds. The van der Waals surface area contributed by atoms with Crippen LogP contribution in [0.1, 0.15) is 12.0 Å². The highest BCUT2D eigenvalue weighted by atomic mass is 32.2. The molecule has 1 heterocycles. The first-order valence-electron chi connectivity index (χ1n) is 10.8. The van der Waals surface area contributed by atoms with Gasteiger partial charge in [-0.25, -0.2) is 9.38 Å². The molecule has 0 saturated carbocycles. The lowest BCUT2D eigenvalue weighted by molar-refractivity contribution is -0.129. The zero-order valence-electron chi connectivity index (χ0n) is 18.6. The Kier molecular flexibility index (Phi) is 7.59. The predicted molar refractivity (Wildman–Crippen MR) is 133 cm³/mol. The summed E-state index contributed by atoms with van der Waals surface area (Å²) in [6, 6.07) is 22.5. The van der Waals surface area contributed by atoms with E-state index in [0.717, 1.165) is 11.3 Å². The van der Waals surface area contributed by atoms with Gasteiger partial charge in [-0.3, -0.25) is 14.5 Å². The van der Waals surface area contributed by atoms with Crippen LogP contribution in [0.25, 0.3) is 0 Å². The standard InChI is InChI=1S/C26H24FN3O3S/c1-33-22-13-7-18(8-14-22)15-16-30-24(31)17-23(25(32)28-20-5-3-2-4-6-20)34-26(30)29-21-11-9-19(27)10-12-21/h2-14,23H,15-17H2,1H3,(H,28,32)/t23-/m0/s1. The number of carbonyl (C=O) groups excluding carboxylic acids is 2. The molecule has 1 saturated heterocycles. The number of anilines is 1. The number of rotatable bonds is 7. The van der Waals surface area contributed by atoms with Crippen molar-refractivity contribution in [2.24, 2.45) is 4.99 Å². The maximum Gasteiger partial charge on any atom is 0.238 e. The zero-order valence-corrected chi connectivity index (χ0v) is 19.4. The molecule has 0 aliphatic carbocycles. The molecule has 1 aliphatic rings. The van der Waals surface area contributed by atoms with E-state index in [9.17, 15) is 14.0 Å². The monoisotopic (exact) mass is 477 g/mol. The number of carbonyl (C=O) groups is 2. The van der Waals surface area contributed by atoms with Gasteiger partial charge in [0.2, 0.25) is 11.8 Å². The number of ether oxygens (including phenoxy) is 1. The summed E-state index contributed by atoms with van der Waals surface area (Å²) in [6.45, 7) is 0.408. The van der Waals surface area contributed by atoms with Crippen LogP contribution in [-0.4, -0.2) is 40.8 Å². The Labute approximate surface area is 201 Å². The minimum Gasteiger partial charge on any atom is -0.497 e. The first-order valence-corrected chi connectivity index (χ1v) is 11.7. The number of thioether (sulfide) groups is 1. The molecule has 1 fully saturated rings. The smallest absolute Gasteiger partial charge is 0.238 e. The van der Waals surface area contributed by atoms with E-state index in [0.29, 0.717) is 29.5 Å². The van der Waals surface area contributed by atoms with E-state index >= 15 is 0 Å². The normalized spacial score (nSPS) is 17.0. The van der Waals surface area contributed by atoms with Crippen molar-refractivity contribution in [2.75, 3.05) is 19.0 Å². The Hall–Kier alpha value is -3.65. The number of aliphatic imine (C=N–C) groups is 1. The highest BCUT2D eigenvalue weighted by Crippen LogP contribution is 2.30. The van der Waals surface area contributed by atoms with E-state index in [1.54, 1.807) is 36.3 Å². The third-order valence-electron chi connectivity index (χ3n) is 5.31. The fraction of sp³-hybridized carbons (Fsp3) is 0.192. The van der Waals surface area contributed by atoms with Crippen LogP contribution in [0.3, 0.4) is 0 Å². The molecule has 0 spiro atoms. The van der Waals surface area contributed by atoms with Gasteiger partial charge in [-0.2, -0.15) is 0 Å². The molecule has 1 aliphatic heterocycles. The minimum atomic E-state index is -0.621. The van der Waals surface area contributed by atoms with Crippen molar-refractivity contribution < 1.29 is 18.7 Å². The van der Waals surface area contributed by atoms with Crippen LogP contribution < -0.4 is 10.1 Å². The summed E-state index contributed by atoms with van der Waals surface area (Å²) in [6.07, 6.45) is 0.675. The second kappa shape index (κ2) is 11.0. The van der Waals surface area contributed by atoms with Crippen molar-refractivity contribution in [1.29, 1.82) is 0 Å². The van der Waals surface area contributed by atoms with E-state index in [4.69, 9.17) is 4.74 Å². The SMILES string of the molecule is COc1ccc(CCN2C(=O)C[C@@H](C(=O)Nc3ccccc3)SC2=Nc2ccc(F)cc2)cc1. The van der Waals surface area contributed by atoms with Gasteiger partial charge in [-0.1, -0.05) is 42.1 Å². The molecule has 34 heavy (non-hydrogen) atoms. The number of hydrogen-bond donors (Lipinski definition) is 1. The maximum atomic E-state index is 13.4. The molecule has 3 aromatic carbocycles. The number of halogens is 1. The Bertz CT molecular complexity index is 1170. The third kappa shape index (κ3) is 6.02. The fourth-order valence-corrected chi connectivity index (χ4v) is 4.59. The van der Waals surface area contributed by atoms with E-state index in [-0.39, 0.29) is 24.1 Å². The highest BCUT2D eigenvalue weighted by Gasteiger charge is 2.35. The quantitative estimate of drug-likeness (QED) is 0.518. The molecule has 3 aromatic rings. The summed E-state index contributed by atoms with van der Waals surface area (Å²) >= 11 is 1.24. The van der Waals surface area contributed by atoms with Crippen molar-refractivity contribution in [3.05, 3.63) is 90.2 Å². The lowest BCUT2D eigenvalue weighted by atomic mass is 10.1. The number of methoxy groups -OCH3 is 1. The van der Waals surface area contributed by atoms with Crippen LogP contribution >= 0.6 is 11.8 Å². The third-order valence-corrected chi connectivity index (χ3v) is 6.50. The van der Waals surface area contributed by atoms with Gasteiger partial charge in [0.05, 0.1) is 12.8 Å². The van der Waals surface area contributed by atoms with Gasteiger partial charge in [0, 0.05) is 18.7 Å². The Morgan fingerprint density at radius 2 is 1.79 bits per heavy atom. The van der Waals surface area contributed by atoms with Crippen molar-refractivity contribution in [3.63, 3.8) is 0 Å². The first-order chi connectivity index (χ1) is 16.5. The molecular formula is C26H24FN3O3S.